The summed E-state index contributed by atoms with van der Waals surface area (Å²) in [6, 6.07) is -0.174. The Hall–Kier alpha value is -1.14. The van der Waals surface area contributed by atoms with Gasteiger partial charge < -0.3 is 19.9 Å². The summed E-state index contributed by atoms with van der Waals surface area (Å²) in [6.07, 6.45) is -0.106. The number of hydrogen-bond donors (Lipinski definition) is 2. The minimum Gasteiger partial charge on any atom is -0.481 e. The Morgan fingerprint density at radius 1 is 1.28 bits per heavy atom. The summed E-state index contributed by atoms with van der Waals surface area (Å²) in [7, 11) is 0. The molecule has 0 fully saturated rings. The average molecular weight is 261 g/mol. The van der Waals surface area contributed by atoms with Crippen molar-refractivity contribution in [2.45, 2.75) is 45.8 Å². The number of aliphatic carboxylic acids is 1. The van der Waals surface area contributed by atoms with Crippen molar-refractivity contribution in [1.29, 1.82) is 0 Å². The van der Waals surface area contributed by atoms with Crippen LogP contribution in [0, 0.1) is 0 Å². The van der Waals surface area contributed by atoms with Crippen molar-refractivity contribution in [2.24, 2.45) is 0 Å². The normalized spacial score (nSPS) is 13.9. The molecule has 0 bridgehead atoms. The highest BCUT2D eigenvalue weighted by atomic mass is 16.5. The molecule has 1 amide bonds. The maximum atomic E-state index is 11.6. The van der Waals surface area contributed by atoms with Gasteiger partial charge in [0.15, 0.2) is 0 Å². The Bertz CT molecular complexity index is 257. The van der Waals surface area contributed by atoms with Gasteiger partial charge in [0.2, 0.25) is 5.91 Å². The number of rotatable bonds is 10. The number of carboxylic acid groups (broad SMARTS) is 1. The van der Waals surface area contributed by atoms with Crippen LogP contribution in [0.3, 0.4) is 0 Å². The summed E-state index contributed by atoms with van der Waals surface area (Å²) in [5, 5.41) is 11.2. The van der Waals surface area contributed by atoms with Gasteiger partial charge in [-0.3, -0.25) is 9.59 Å². The van der Waals surface area contributed by atoms with Crippen LogP contribution < -0.4 is 5.32 Å². The fourth-order valence-electron chi connectivity index (χ4n) is 1.28. The third-order valence-electron chi connectivity index (χ3n) is 2.35. The smallest absolute Gasteiger partial charge is 0.303 e. The van der Waals surface area contributed by atoms with Gasteiger partial charge >= 0.3 is 5.97 Å². The first kappa shape index (κ1) is 16.9. The summed E-state index contributed by atoms with van der Waals surface area (Å²) in [4.78, 5) is 22.0. The first-order valence-electron chi connectivity index (χ1n) is 6.18. The predicted molar refractivity (Wildman–Crippen MR) is 66.4 cm³/mol. The highest BCUT2D eigenvalue weighted by Gasteiger charge is 2.16. The number of nitrogens with one attached hydrogen (secondary N) is 1. The Balaban J connectivity index is 3.75. The van der Waals surface area contributed by atoms with Crippen LogP contribution in [0.4, 0.5) is 0 Å². The molecule has 0 aromatic heterocycles. The molecule has 18 heavy (non-hydrogen) atoms. The van der Waals surface area contributed by atoms with Crippen molar-refractivity contribution in [3.63, 3.8) is 0 Å². The van der Waals surface area contributed by atoms with Crippen LogP contribution in [0.15, 0.2) is 0 Å². The first-order chi connectivity index (χ1) is 8.47. The highest BCUT2D eigenvalue weighted by Crippen LogP contribution is 1.98. The van der Waals surface area contributed by atoms with E-state index in [-0.39, 0.29) is 18.4 Å². The van der Waals surface area contributed by atoms with Crippen molar-refractivity contribution < 1.29 is 24.2 Å². The van der Waals surface area contributed by atoms with Crippen LogP contribution in [0.5, 0.6) is 0 Å². The molecule has 0 aliphatic rings. The lowest BCUT2D eigenvalue weighted by molar-refractivity contribution is -0.138. The van der Waals surface area contributed by atoms with Gasteiger partial charge in [-0.1, -0.05) is 0 Å². The van der Waals surface area contributed by atoms with Crippen LogP contribution in [-0.2, 0) is 19.1 Å². The molecule has 0 aromatic rings. The summed E-state index contributed by atoms with van der Waals surface area (Å²) >= 11 is 0. The molecule has 0 saturated carbocycles. The van der Waals surface area contributed by atoms with E-state index >= 15 is 0 Å². The Kier molecular flexibility index (Phi) is 9.22. The molecule has 6 nitrogen and oxygen atoms in total. The van der Waals surface area contributed by atoms with Gasteiger partial charge in [-0.25, -0.2) is 0 Å². The van der Waals surface area contributed by atoms with Crippen molar-refractivity contribution in [2.75, 3.05) is 19.8 Å². The number of carbonyl (C=O) groups excluding carboxylic acids is 1. The van der Waals surface area contributed by atoms with Gasteiger partial charge in [0.05, 0.1) is 13.2 Å². The first-order valence-corrected chi connectivity index (χ1v) is 6.18. The second-order valence-electron chi connectivity index (χ2n) is 4.05. The lowest BCUT2D eigenvalue weighted by Crippen LogP contribution is -2.40. The number of carboxylic acids is 1. The van der Waals surface area contributed by atoms with Crippen LogP contribution >= 0.6 is 0 Å². The molecule has 0 radical (unpaired) electrons. The molecule has 0 aliphatic heterocycles. The molecule has 0 aliphatic carbocycles. The van der Waals surface area contributed by atoms with Crippen molar-refractivity contribution in [3.05, 3.63) is 0 Å². The van der Waals surface area contributed by atoms with Crippen LogP contribution in [0.1, 0.15) is 33.6 Å². The van der Waals surface area contributed by atoms with Crippen LogP contribution in [0.2, 0.25) is 0 Å². The van der Waals surface area contributed by atoms with Gasteiger partial charge in [-0.2, -0.15) is 0 Å². The molecule has 0 spiro atoms. The minimum absolute atomic E-state index is 0.0427. The van der Waals surface area contributed by atoms with Gasteiger partial charge in [-0.05, 0) is 27.2 Å². The molecular formula is C12H23NO5. The van der Waals surface area contributed by atoms with Crippen molar-refractivity contribution in [3.8, 4) is 0 Å². The average Bonchev–Trinajstić information content (AvgIpc) is 2.31. The molecule has 0 aromatic carbocycles. The maximum absolute atomic E-state index is 11.6. The molecule has 2 unspecified atom stereocenters. The van der Waals surface area contributed by atoms with Crippen molar-refractivity contribution >= 4 is 11.9 Å². The van der Waals surface area contributed by atoms with E-state index in [0.717, 1.165) is 0 Å². The zero-order valence-corrected chi connectivity index (χ0v) is 11.3. The second-order valence-corrected chi connectivity index (χ2v) is 4.05. The Labute approximate surface area is 108 Å². The van der Waals surface area contributed by atoms with Gasteiger partial charge in [0, 0.05) is 19.1 Å². The van der Waals surface area contributed by atoms with Gasteiger partial charge in [0.1, 0.15) is 6.10 Å². The monoisotopic (exact) mass is 261 g/mol. The van der Waals surface area contributed by atoms with E-state index in [0.29, 0.717) is 26.2 Å². The van der Waals surface area contributed by atoms with E-state index in [1.165, 1.54) is 0 Å². The third-order valence-corrected chi connectivity index (χ3v) is 2.35. The van der Waals surface area contributed by atoms with E-state index in [1.807, 2.05) is 6.92 Å². The molecule has 0 rings (SSSR count). The fourth-order valence-corrected chi connectivity index (χ4v) is 1.28. The molecule has 106 valence electrons. The minimum atomic E-state index is -0.864. The van der Waals surface area contributed by atoms with Crippen molar-refractivity contribution in [1.82, 2.24) is 5.32 Å². The fraction of sp³-hybridized carbons (Fsp3) is 0.833. The molecule has 0 heterocycles. The quantitative estimate of drug-likeness (QED) is 0.568. The zero-order valence-electron chi connectivity index (χ0n) is 11.3. The van der Waals surface area contributed by atoms with Gasteiger partial charge in [0.25, 0.3) is 0 Å². The largest absolute Gasteiger partial charge is 0.481 e. The van der Waals surface area contributed by atoms with E-state index < -0.39 is 12.1 Å². The SMILES string of the molecule is CCOCCOC(C)C(=O)NC(C)CCC(=O)O. The highest BCUT2D eigenvalue weighted by molar-refractivity contribution is 5.80. The molecule has 6 heteroatoms. The summed E-state index contributed by atoms with van der Waals surface area (Å²) in [6.45, 7) is 6.77. The lowest BCUT2D eigenvalue weighted by atomic mass is 10.2. The Morgan fingerprint density at radius 2 is 1.94 bits per heavy atom. The number of hydrogen-bond acceptors (Lipinski definition) is 4. The zero-order chi connectivity index (χ0) is 14.0. The summed E-state index contributed by atoms with van der Waals surface area (Å²) < 4.78 is 10.4. The number of carbonyl (C=O) groups is 2. The third kappa shape index (κ3) is 8.95. The Morgan fingerprint density at radius 3 is 2.50 bits per heavy atom. The predicted octanol–water partition coefficient (Wildman–Crippen LogP) is 0.798. The second kappa shape index (κ2) is 9.85. The topological polar surface area (TPSA) is 84.9 Å². The number of ether oxygens (including phenoxy) is 2. The summed E-state index contributed by atoms with van der Waals surface area (Å²) in [5.74, 6) is -1.10. The van der Waals surface area contributed by atoms with Crippen LogP contribution in [0.25, 0.3) is 0 Å². The molecule has 2 N–H and O–H groups in total. The van der Waals surface area contributed by atoms with E-state index in [2.05, 4.69) is 5.32 Å². The summed E-state index contributed by atoms with van der Waals surface area (Å²) in [5.41, 5.74) is 0. The van der Waals surface area contributed by atoms with E-state index in [4.69, 9.17) is 14.6 Å². The standard InChI is InChI=1S/C12H23NO5/c1-4-17-7-8-18-10(3)12(16)13-9(2)5-6-11(14)15/h9-10H,4-8H2,1-3H3,(H,13,16)(H,14,15). The lowest BCUT2D eigenvalue weighted by Gasteiger charge is -2.17. The van der Waals surface area contributed by atoms with Gasteiger partial charge in [-0.15, -0.1) is 0 Å². The maximum Gasteiger partial charge on any atom is 0.303 e. The van der Waals surface area contributed by atoms with Crippen LogP contribution in [-0.4, -0.2) is 48.9 Å². The molecule has 2 atom stereocenters. The number of amides is 1. The molecule has 0 saturated heterocycles. The van der Waals surface area contributed by atoms with E-state index in [1.54, 1.807) is 13.8 Å². The van der Waals surface area contributed by atoms with E-state index in [9.17, 15) is 9.59 Å². The molecular weight excluding hydrogens is 238 g/mol.